The molecule has 0 aliphatic carbocycles. The standard InChI is InChI=1S/C5H3ClFNO2S.C5H5FN2O2S/c6-11(9,10)5-3-1-2-4(7)8-5;6-4-2-1-3-5(8-4)11(7,9)10/h1-3H;1-3H,(H2,7,9,10). The second kappa shape index (κ2) is 7.05. The number of halogens is 3. The molecule has 2 N–H and O–H groups in total. The van der Waals surface area contributed by atoms with Crippen LogP contribution in [0.4, 0.5) is 8.78 Å². The molecule has 0 atom stereocenters. The Morgan fingerprint density at radius 1 is 0.864 bits per heavy atom. The molecule has 0 radical (unpaired) electrons. The Kier molecular flexibility index (Phi) is 5.88. The van der Waals surface area contributed by atoms with Crippen molar-refractivity contribution in [1.82, 2.24) is 9.97 Å². The van der Waals surface area contributed by atoms with Crippen LogP contribution >= 0.6 is 10.7 Å². The van der Waals surface area contributed by atoms with Gasteiger partial charge in [0.05, 0.1) is 0 Å². The predicted molar refractivity (Wildman–Crippen MR) is 72.8 cm³/mol. The number of primary sulfonamides is 1. The van der Waals surface area contributed by atoms with Crippen molar-refractivity contribution in [3.8, 4) is 0 Å². The molecule has 0 amide bonds. The van der Waals surface area contributed by atoms with Crippen molar-refractivity contribution in [2.24, 2.45) is 5.14 Å². The molecule has 0 saturated heterocycles. The zero-order chi connectivity index (χ0) is 17.0. The Bertz CT molecular complexity index is 802. The second-order valence-corrected chi connectivity index (χ2v) is 7.60. The van der Waals surface area contributed by atoms with Crippen LogP contribution in [-0.4, -0.2) is 26.8 Å². The van der Waals surface area contributed by atoms with Crippen molar-refractivity contribution >= 4 is 29.8 Å². The Balaban J connectivity index is 0.000000220. The van der Waals surface area contributed by atoms with Gasteiger partial charge in [-0.2, -0.15) is 8.78 Å². The maximum absolute atomic E-state index is 12.3. The number of nitrogens with two attached hydrogens (primary N) is 1. The van der Waals surface area contributed by atoms with Crippen LogP contribution in [0.15, 0.2) is 46.5 Å². The van der Waals surface area contributed by atoms with Crippen molar-refractivity contribution in [1.29, 1.82) is 0 Å². The van der Waals surface area contributed by atoms with Crippen LogP contribution in [0.1, 0.15) is 0 Å². The minimum atomic E-state index is -3.90. The first kappa shape index (κ1) is 18.4. The van der Waals surface area contributed by atoms with E-state index in [1.165, 1.54) is 12.1 Å². The number of hydrogen-bond donors (Lipinski definition) is 1. The fraction of sp³-hybridized carbons (Fsp3) is 0. The topological polar surface area (TPSA) is 120 Å². The molecule has 0 spiro atoms. The first-order chi connectivity index (χ1) is 10.00. The second-order valence-electron chi connectivity index (χ2n) is 3.58. The van der Waals surface area contributed by atoms with Gasteiger partial charge in [-0.25, -0.2) is 31.9 Å². The average molecular weight is 372 g/mol. The monoisotopic (exact) mass is 371 g/mol. The fourth-order valence-corrected chi connectivity index (χ4v) is 2.25. The van der Waals surface area contributed by atoms with Gasteiger partial charge in [0.1, 0.15) is 0 Å². The largest absolute Gasteiger partial charge is 0.278 e. The van der Waals surface area contributed by atoms with Crippen LogP contribution in [0.3, 0.4) is 0 Å². The van der Waals surface area contributed by atoms with E-state index in [2.05, 4.69) is 15.1 Å². The van der Waals surface area contributed by atoms with Gasteiger partial charge in [0, 0.05) is 10.7 Å². The van der Waals surface area contributed by atoms with Gasteiger partial charge in [0.15, 0.2) is 10.1 Å². The van der Waals surface area contributed by atoms with Gasteiger partial charge in [-0.1, -0.05) is 12.1 Å². The highest BCUT2D eigenvalue weighted by atomic mass is 35.7. The van der Waals surface area contributed by atoms with Gasteiger partial charge in [-0.15, -0.1) is 0 Å². The van der Waals surface area contributed by atoms with Crippen molar-refractivity contribution in [2.75, 3.05) is 0 Å². The fourth-order valence-electron chi connectivity index (χ4n) is 1.07. The van der Waals surface area contributed by atoms with Gasteiger partial charge in [-0.3, -0.25) is 0 Å². The smallest absolute Gasteiger partial charge is 0.223 e. The first-order valence-corrected chi connectivity index (χ1v) is 9.08. The molecule has 0 bridgehead atoms. The molecule has 22 heavy (non-hydrogen) atoms. The van der Waals surface area contributed by atoms with Gasteiger partial charge in [0.2, 0.25) is 11.9 Å². The minimum absolute atomic E-state index is 0.461. The van der Waals surface area contributed by atoms with Crippen molar-refractivity contribution in [3.63, 3.8) is 0 Å². The van der Waals surface area contributed by atoms with E-state index in [0.717, 1.165) is 24.3 Å². The summed E-state index contributed by atoms with van der Waals surface area (Å²) < 4.78 is 66.6. The highest BCUT2D eigenvalue weighted by molar-refractivity contribution is 8.13. The summed E-state index contributed by atoms with van der Waals surface area (Å²) in [6.07, 6.45) is 0. The van der Waals surface area contributed by atoms with Gasteiger partial charge >= 0.3 is 0 Å². The molecule has 0 fully saturated rings. The molecule has 0 saturated carbocycles. The lowest BCUT2D eigenvalue weighted by Crippen LogP contribution is -2.14. The average Bonchev–Trinajstić information content (AvgIpc) is 2.37. The normalized spacial score (nSPS) is 11.5. The third-order valence-electron chi connectivity index (χ3n) is 1.92. The lowest BCUT2D eigenvalue weighted by Gasteiger charge is -1.94. The molecule has 0 aliphatic heterocycles. The van der Waals surface area contributed by atoms with Crippen molar-refractivity contribution in [2.45, 2.75) is 10.1 Å². The Hall–Kier alpha value is -1.69. The number of aromatic nitrogens is 2. The predicted octanol–water partition coefficient (Wildman–Crippen LogP) is 1.02. The SMILES string of the molecule is NS(=O)(=O)c1cccc(F)n1.O=S(=O)(Cl)c1cccc(F)n1. The molecule has 12 heteroatoms. The highest BCUT2D eigenvalue weighted by Crippen LogP contribution is 2.10. The van der Waals surface area contributed by atoms with Crippen LogP contribution in [0.5, 0.6) is 0 Å². The molecular weight excluding hydrogens is 364 g/mol. The minimum Gasteiger partial charge on any atom is -0.223 e. The van der Waals surface area contributed by atoms with Crippen LogP contribution in [-0.2, 0) is 19.1 Å². The third-order valence-corrected chi connectivity index (χ3v) is 3.93. The molecule has 2 aromatic rings. The number of sulfonamides is 1. The Labute approximate surface area is 129 Å². The molecule has 0 aromatic carbocycles. The summed E-state index contributed by atoms with van der Waals surface area (Å²) >= 11 is 0. The van der Waals surface area contributed by atoms with E-state index in [0.29, 0.717) is 0 Å². The van der Waals surface area contributed by atoms with Crippen LogP contribution in [0.2, 0.25) is 0 Å². The maximum Gasteiger partial charge on any atom is 0.278 e. The van der Waals surface area contributed by atoms with E-state index in [-0.39, 0.29) is 0 Å². The number of rotatable bonds is 2. The third kappa shape index (κ3) is 5.97. The Morgan fingerprint density at radius 2 is 1.27 bits per heavy atom. The highest BCUT2D eigenvalue weighted by Gasteiger charge is 2.11. The van der Waals surface area contributed by atoms with Gasteiger partial charge in [-0.05, 0) is 24.3 Å². The molecule has 2 heterocycles. The van der Waals surface area contributed by atoms with E-state index in [4.69, 9.17) is 10.7 Å². The van der Waals surface area contributed by atoms with Crippen LogP contribution in [0.25, 0.3) is 0 Å². The summed E-state index contributed by atoms with van der Waals surface area (Å²) in [6.45, 7) is 0. The lowest BCUT2D eigenvalue weighted by atomic mass is 10.5. The summed E-state index contributed by atoms with van der Waals surface area (Å²) in [6, 6.07) is 6.75. The van der Waals surface area contributed by atoms with Gasteiger partial charge in [0.25, 0.3) is 19.1 Å². The first-order valence-electron chi connectivity index (χ1n) is 5.23. The quantitative estimate of drug-likeness (QED) is 0.621. The molecular formula is C10H8ClF2N3O4S2. The molecule has 0 aliphatic rings. The summed E-state index contributed by atoms with van der Waals surface area (Å²) in [7, 11) is -2.91. The van der Waals surface area contributed by atoms with E-state index in [1.807, 2.05) is 0 Å². The van der Waals surface area contributed by atoms with Crippen LogP contribution in [0, 0.1) is 11.9 Å². The van der Waals surface area contributed by atoms with Crippen molar-refractivity contribution in [3.05, 3.63) is 48.3 Å². The van der Waals surface area contributed by atoms with E-state index >= 15 is 0 Å². The summed E-state index contributed by atoms with van der Waals surface area (Å²) in [5, 5.41) is 3.74. The Morgan fingerprint density at radius 3 is 1.55 bits per heavy atom. The summed E-state index contributed by atoms with van der Waals surface area (Å²) in [5.41, 5.74) is 0. The number of pyridine rings is 2. The summed E-state index contributed by atoms with van der Waals surface area (Å²) in [4.78, 5) is 6.12. The molecule has 7 nitrogen and oxygen atoms in total. The number of nitrogens with zero attached hydrogens (tertiary/aromatic N) is 2. The molecule has 2 rings (SSSR count). The van der Waals surface area contributed by atoms with E-state index in [1.54, 1.807) is 0 Å². The zero-order valence-corrected chi connectivity index (χ0v) is 12.9. The van der Waals surface area contributed by atoms with E-state index in [9.17, 15) is 25.6 Å². The molecule has 120 valence electrons. The van der Waals surface area contributed by atoms with Crippen molar-refractivity contribution < 1.29 is 25.6 Å². The molecule has 2 aromatic heterocycles. The van der Waals surface area contributed by atoms with E-state index < -0.39 is 41.0 Å². The molecule has 0 unspecified atom stereocenters. The van der Waals surface area contributed by atoms with Crippen LogP contribution < -0.4 is 5.14 Å². The lowest BCUT2D eigenvalue weighted by molar-refractivity contribution is 0.557. The van der Waals surface area contributed by atoms with Gasteiger partial charge < -0.3 is 0 Å². The zero-order valence-electron chi connectivity index (χ0n) is 10.5. The number of hydrogen-bond acceptors (Lipinski definition) is 6. The summed E-state index contributed by atoms with van der Waals surface area (Å²) in [5.74, 6) is -1.73. The maximum atomic E-state index is 12.3.